The van der Waals surface area contributed by atoms with Crippen LogP contribution in [0.2, 0.25) is 0 Å². The summed E-state index contributed by atoms with van der Waals surface area (Å²) in [6.45, 7) is 0. The monoisotopic (exact) mass is 387 g/mol. The summed E-state index contributed by atoms with van der Waals surface area (Å²) in [6, 6.07) is 6.50. The van der Waals surface area contributed by atoms with Crippen LogP contribution >= 0.6 is 15.9 Å². The number of nitrogens with one attached hydrogen (secondary N) is 1. The zero-order valence-corrected chi connectivity index (χ0v) is 15.8. The van der Waals surface area contributed by atoms with E-state index in [4.69, 9.17) is 0 Å². The number of hydrogen-bond acceptors (Lipinski definition) is 1. The molecule has 6 rings (SSSR count). The molecule has 3 heteroatoms. The van der Waals surface area contributed by atoms with Gasteiger partial charge in [-0.2, -0.15) is 0 Å². The van der Waals surface area contributed by atoms with Gasteiger partial charge in [-0.05, 0) is 98.3 Å². The normalized spacial score (nSPS) is 39.0. The van der Waals surface area contributed by atoms with Crippen molar-refractivity contribution in [2.75, 3.05) is 5.32 Å². The maximum Gasteiger partial charge on any atom is 0.224 e. The minimum atomic E-state index is 0.228. The average Bonchev–Trinajstić information content (AvgIpc) is 2.91. The van der Waals surface area contributed by atoms with Crippen LogP contribution in [-0.2, 0) is 17.6 Å². The summed E-state index contributed by atoms with van der Waals surface area (Å²) in [7, 11) is 0. The maximum absolute atomic E-state index is 12.8. The molecule has 1 aromatic rings. The van der Waals surface area contributed by atoms with Crippen LogP contribution in [-0.4, -0.2) is 10.2 Å². The Labute approximate surface area is 152 Å². The van der Waals surface area contributed by atoms with Gasteiger partial charge in [0.1, 0.15) is 0 Å². The number of halogens is 1. The molecule has 0 saturated heterocycles. The van der Waals surface area contributed by atoms with Gasteiger partial charge in [0.05, 0.1) is 0 Å². The van der Waals surface area contributed by atoms with Gasteiger partial charge in [0.2, 0.25) is 5.91 Å². The van der Waals surface area contributed by atoms with Crippen molar-refractivity contribution < 1.29 is 4.79 Å². The first-order valence-electron chi connectivity index (χ1n) is 9.62. The van der Waals surface area contributed by atoms with Gasteiger partial charge in [-0.3, -0.25) is 4.79 Å². The topological polar surface area (TPSA) is 29.1 Å². The lowest BCUT2D eigenvalue weighted by atomic mass is 9.48. The zero-order chi connectivity index (χ0) is 16.4. The van der Waals surface area contributed by atoms with Crippen LogP contribution in [0.5, 0.6) is 0 Å². The Balaban J connectivity index is 1.30. The van der Waals surface area contributed by atoms with Crippen LogP contribution in [0.4, 0.5) is 5.69 Å². The SMILES string of the molecule is O=C(CC12C[C@@H]3C[C@@H](CC(Br)(C3)C1)C2)Nc1ccc2c(c1)CCC2. The molecule has 0 radical (unpaired) electrons. The molecule has 0 spiro atoms. The van der Waals surface area contributed by atoms with Crippen LogP contribution in [0, 0.1) is 17.3 Å². The van der Waals surface area contributed by atoms with Crippen molar-refractivity contribution in [3.05, 3.63) is 29.3 Å². The molecule has 0 aromatic heterocycles. The number of amides is 1. The highest BCUT2D eigenvalue weighted by Gasteiger charge is 2.57. The van der Waals surface area contributed by atoms with Crippen LogP contribution < -0.4 is 5.32 Å². The van der Waals surface area contributed by atoms with E-state index in [1.54, 1.807) is 0 Å². The van der Waals surface area contributed by atoms with Gasteiger partial charge < -0.3 is 5.32 Å². The number of carbonyl (C=O) groups excluding carboxylic acids is 1. The quantitative estimate of drug-likeness (QED) is 0.705. The van der Waals surface area contributed by atoms with Crippen molar-refractivity contribution in [1.82, 2.24) is 0 Å². The van der Waals surface area contributed by atoms with Gasteiger partial charge in [-0.15, -0.1) is 0 Å². The second-order valence-corrected chi connectivity index (χ2v) is 10.9. The molecule has 1 aromatic carbocycles. The lowest BCUT2D eigenvalue weighted by Crippen LogP contribution is -2.53. The number of benzene rings is 1. The Morgan fingerprint density at radius 3 is 2.62 bits per heavy atom. The second kappa shape index (κ2) is 5.33. The molecule has 128 valence electrons. The Bertz CT molecular complexity index is 683. The molecule has 1 N–H and O–H groups in total. The fourth-order valence-electron chi connectivity index (χ4n) is 6.74. The molecule has 4 saturated carbocycles. The van der Waals surface area contributed by atoms with Crippen LogP contribution in [0.25, 0.3) is 0 Å². The molecule has 0 aliphatic heterocycles. The lowest BCUT2D eigenvalue weighted by Gasteiger charge is -2.60. The van der Waals surface area contributed by atoms with E-state index in [1.807, 2.05) is 0 Å². The molecule has 4 atom stereocenters. The predicted molar refractivity (Wildman–Crippen MR) is 100 cm³/mol. The standard InChI is InChI=1S/C21H26BrNO/c22-21-10-14-6-15(11-21)9-20(8-14,13-21)12-19(24)23-18-5-4-16-2-1-3-17(16)7-18/h4-5,7,14-15H,1-3,6,8-13H2,(H,23,24)/t14-,15+,20?,21?. The van der Waals surface area contributed by atoms with E-state index in [1.165, 1.54) is 68.9 Å². The summed E-state index contributed by atoms with van der Waals surface area (Å²) >= 11 is 4.05. The van der Waals surface area contributed by atoms with Crippen LogP contribution in [0.1, 0.15) is 62.5 Å². The summed E-state index contributed by atoms with van der Waals surface area (Å²) in [6.07, 6.45) is 12.1. The summed E-state index contributed by atoms with van der Waals surface area (Å²) in [4.78, 5) is 12.8. The summed E-state index contributed by atoms with van der Waals surface area (Å²) in [5, 5.41) is 3.20. The van der Waals surface area contributed by atoms with Crippen molar-refractivity contribution >= 4 is 27.5 Å². The number of alkyl halides is 1. The third-order valence-corrected chi connectivity index (χ3v) is 7.96. The van der Waals surface area contributed by atoms with Crippen LogP contribution in [0.3, 0.4) is 0 Å². The third-order valence-electron chi connectivity index (χ3n) is 7.03. The highest BCUT2D eigenvalue weighted by molar-refractivity contribution is 9.10. The number of fused-ring (bicyclic) bond motifs is 1. The Kier molecular flexibility index (Phi) is 3.43. The van der Waals surface area contributed by atoms with Crippen molar-refractivity contribution in [1.29, 1.82) is 0 Å². The smallest absolute Gasteiger partial charge is 0.224 e. The first kappa shape index (κ1) is 15.4. The molecule has 2 unspecified atom stereocenters. The van der Waals surface area contributed by atoms with E-state index in [0.29, 0.717) is 10.7 Å². The largest absolute Gasteiger partial charge is 0.326 e. The summed E-state index contributed by atoms with van der Waals surface area (Å²) < 4.78 is 0.338. The fourth-order valence-corrected chi connectivity index (χ4v) is 8.25. The average molecular weight is 388 g/mol. The van der Waals surface area contributed by atoms with Gasteiger partial charge in [0.25, 0.3) is 0 Å². The predicted octanol–water partition coefficient (Wildman–Crippen LogP) is 5.24. The van der Waals surface area contributed by atoms with Crippen molar-refractivity contribution in [3.8, 4) is 0 Å². The van der Waals surface area contributed by atoms with Gasteiger partial charge >= 0.3 is 0 Å². The molecule has 24 heavy (non-hydrogen) atoms. The van der Waals surface area contributed by atoms with Crippen molar-refractivity contribution in [3.63, 3.8) is 0 Å². The van der Waals surface area contributed by atoms with E-state index in [2.05, 4.69) is 39.4 Å². The summed E-state index contributed by atoms with van der Waals surface area (Å²) in [5.74, 6) is 1.92. The fraction of sp³-hybridized carbons (Fsp3) is 0.667. The van der Waals surface area contributed by atoms with E-state index in [0.717, 1.165) is 17.5 Å². The molecule has 4 fully saturated rings. The molecule has 2 nitrogen and oxygen atoms in total. The van der Waals surface area contributed by atoms with E-state index in [9.17, 15) is 4.79 Å². The van der Waals surface area contributed by atoms with Gasteiger partial charge in [-0.1, -0.05) is 22.0 Å². The Morgan fingerprint density at radius 1 is 1.12 bits per heavy atom. The minimum absolute atomic E-state index is 0.228. The lowest BCUT2D eigenvalue weighted by molar-refractivity contribution is -0.123. The van der Waals surface area contributed by atoms with Crippen molar-refractivity contribution in [2.45, 2.75) is 68.5 Å². The molecular formula is C21H26BrNO. The summed E-state index contributed by atoms with van der Waals surface area (Å²) in [5.41, 5.74) is 4.16. The molecule has 0 heterocycles. The van der Waals surface area contributed by atoms with E-state index < -0.39 is 0 Å². The first-order chi connectivity index (χ1) is 11.5. The third kappa shape index (κ3) is 2.64. The molecular weight excluding hydrogens is 362 g/mol. The van der Waals surface area contributed by atoms with Gasteiger partial charge in [-0.25, -0.2) is 0 Å². The highest BCUT2D eigenvalue weighted by atomic mass is 79.9. The molecule has 5 aliphatic carbocycles. The minimum Gasteiger partial charge on any atom is -0.326 e. The van der Waals surface area contributed by atoms with E-state index >= 15 is 0 Å². The number of hydrogen-bond donors (Lipinski definition) is 1. The molecule has 5 aliphatic rings. The number of carbonyl (C=O) groups is 1. The zero-order valence-electron chi connectivity index (χ0n) is 14.2. The van der Waals surface area contributed by atoms with Crippen molar-refractivity contribution in [2.24, 2.45) is 17.3 Å². The Morgan fingerprint density at radius 2 is 1.88 bits per heavy atom. The van der Waals surface area contributed by atoms with Crippen LogP contribution in [0.15, 0.2) is 18.2 Å². The number of rotatable bonds is 3. The number of aryl methyl sites for hydroxylation is 2. The van der Waals surface area contributed by atoms with Gasteiger partial charge in [0.15, 0.2) is 0 Å². The maximum atomic E-state index is 12.8. The number of anilines is 1. The van der Waals surface area contributed by atoms with Gasteiger partial charge in [0, 0.05) is 16.4 Å². The first-order valence-corrected chi connectivity index (χ1v) is 10.4. The van der Waals surface area contributed by atoms with E-state index in [-0.39, 0.29) is 11.3 Å². The molecule has 4 bridgehead atoms. The highest BCUT2D eigenvalue weighted by Crippen LogP contribution is 2.65. The molecule has 1 amide bonds. The Hall–Kier alpha value is -0.830. The second-order valence-electron chi connectivity index (χ2n) is 9.17.